The van der Waals surface area contributed by atoms with Crippen LogP contribution in [0.5, 0.6) is 0 Å². The lowest BCUT2D eigenvalue weighted by Gasteiger charge is -2.07. The van der Waals surface area contributed by atoms with Crippen LogP contribution in [0.4, 0.5) is 0 Å². The highest BCUT2D eigenvalue weighted by Crippen LogP contribution is 2.19. The fourth-order valence-corrected chi connectivity index (χ4v) is 2.41. The summed E-state index contributed by atoms with van der Waals surface area (Å²) in [6.45, 7) is 4.78. The lowest BCUT2D eigenvalue weighted by atomic mass is 10.0. The first-order valence-corrected chi connectivity index (χ1v) is 6.75. The second kappa shape index (κ2) is 5.48. The van der Waals surface area contributed by atoms with E-state index in [4.69, 9.17) is 0 Å². The summed E-state index contributed by atoms with van der Waals surface area (Å²) in [5.74, 6) is 0.0333. The zero-order valence-corrected chi connectivity index (χ0v) is 12.1. The van der Waals surface area contributed by atoms with Crippen LogP contribution >= 0.6 is 15.9 Å². The van der Waals surface area contributed by atoms with Gasteiger partial charge in [-0.1, -0.05) is 22.9 Å². The van der Waals surface area contributed by atoms with E-state index in [2.05, 4.69) is 28.0 Å². The van der Waals surface area contributed by atoms with Gasteiger partial charge in [0, 0.05) is 22.8 Å². The molecule has 0 amide bonds. The molecule has 0 aliphatic rings. The highest BCUT2D eigenvalue weighted by atomic mass is 79.9. The van der Waals surface area contributed by atoms with Gasteiger partial charge in [-0.2, -0.15) is 5.10 Å². The van der Waals surface area contributed by atoms with Crippen LogP contribution in [0.3, 0.4) is 0 Å². The molecule has 0 atom stereocenters. The van der Waals surface area contributed by atoms with E-state index in [1.54, 1.807) is 16.9 Å². The summed E-state index contributed by atoms with van der Waals surface area (Å²) in [7, 11) is 0. The van der Waals surface area contributed by atoms with Gasteiger partial charge in [-0.05, 0) is 43.2 Å². The molecule has 18 heavy (non-hydrogen) atoms. The van der Waals surface area contributed by atoms with E-state index >= 15 is 0 Å². The summed E-state index contributed by atoms with van der Waals surface area (Å²) in [6, 6.07) is 7.47. The van der Waals surface area contributed by atoms with E-state index in [0.717, 1.165) is 28.6 Å². The van der Waals surface area contributed by atoms with Gasteiger partial charge in [-0.3, -0.25) is 9.48 Å². The second-order valence-corrected chi connectivity index (χ2v) is 5.14. The van der Waals surface area contributed by atoms with Gasteiger partial charge in [0.1, 0.15) is 5.69 Å². The Kier molecular flexibility index (Phi) is 3.97. The zero-order valence-electron chi connectivity index (χ0n) is 10.5. The molecule has 0 fully saturated rings. The molecule has 0 N–H and O–H groups in total. The van der Waals surface area contributed by atoms with Crippen molar-refractivity contribution in [3.8, 4) is 0 Å². The molecular weight excluding hydrogens is 292 g/mol. The molecule has 0 radical (unpaired) electrons. The third kappa shape index (κ3) is 2.53. The summed E-state index contributed by atoms with van der Waals surface area (Å²) < 4.78 is 2.75. The summed E-state index contributed by atoms with van der Waals surface area (Å²) in [5, 5.41) is 4.19. The van der Waals surface area contributed by atoms with Crippen LogP contribution in [-0.4, -0.2) is 15.6 Å². The van der Waals surface area contributed by atoms with E-state index < -0.39 is 0 Å². The Morgan fingerprint density at radius 1 is 1.39 bits per heavy atom. The Labute approximate surface area is 115 Å². The maximum absolute atomic E-state index is 12.5. The van der Waals surface area contributed by atoms with Gasteiger partial charge >= 0.3 is 0 Å². The van der Waals surface area contributed by atoms with Crippen LogP contribution in [-0.2, 0) is 6.54 Å². The Morgan fingerprint density at radius 3 is 2.83 bits per heavy atom. The smallest absolute Gasteiger partial charge is 0.211 e. The minimum absolute atomic E-state index is 0.0333. The van der Waals surface area contributed by atoms with E-state index in [1.807, 2.05) is 25.1 Å². The number of aryl methyl sites for hydroxylation is 2. The normalized spacial score (nSPS) is 10.6. The Hall–Kier alpha value is -1.42. The van der Waals surface area contributed by atoms with Crippen molar-refractivity contribution >= 4 is 21.7 Å². The van der Waals surface area contributed by atoms with Crippen molar-refractivity contribution in [2.75, 3.05) is 0 Å². The molecule has 1 aromatic heterocycles. The number of hydrogen-bond donors (Lipinski definition) is 0. The first-order chi connectivity index (χ1) is 8.63. The standard InChI is InChI=1S/C14H15BrN2O/c1-3-8-17-13(6-7-16-17)14(18)12-5-4-11(15)9-10(12)2/h4-7,9H,3,8H2,1-2H3. The van der Waals surface area contributed by atoms with Crippen molar-refractivity contribution in [1.29, 1.82) is 0 Å². The quantitative estimate of drug-likeness (QED) is 0.809. The molecule has 3 nitrogen and oxygen atoms in total. The van der Waals surface area contributed by atoms with Crippen molar-refractivity contribution in [1.82, 2.24) is 9.78 Å². The molecule has 4 heteroatoms. The minimum Gasteiger partial charge on any atom is -0.287 e. The summed E-state index contributed by atoms with van der Waals surface area (Å²) in [6.07, 6.45) is 2.64. The molecule has 0 bridgehead atoms. The monoisotopic (exact) mass is 306 g/mol. The number of carbonyl (C=O) groups excluding carboxylic acids is 1. The van der Waals surface area contributed by atoms with Crippen LogP contribution in [0.15, 0.2) is 34.9 Å². The van der Waals surface area contributed by atoms with Crippen molar-refractivity contribution in [2.45, 2.75) is 26.8 Å². The average molecular weight is 307 g/mol. The number of rotatable bonds is 4. The summed E-state index contributed by atoms with van der Waals surface area (Å²) >= 11 is 3.40. The predicted molar refractivity (Wildman–Crippen MR) is 74.8 cm³/mol. The number of carbonyl (C=O) groups is 1. The molecule has 1 aromatic carbocycles. The average Bonchev–Trinajstić information content (AvgIpc) is 2.77. The van der Waals surface area contributed by atoms with Crippen LogP contribution in [0, 0.1) is 6.92 Å². The highest BCUT2D eigenvalue weighted by Gasteiger charge is 2.15. The second-order valence-electron chi connectivity index (χ2n) is 4.23. The molecule has 2 aromatic rings. The fraction of sp³-hybridized carbons (Fsp3) is 0.286. The maximum Gasteiger partial charge on any atom is 0.211 e. The van der Waals surface area contributed by atoms with Crippen LogP contribution in [0.25, 0.3) is 0 Å². The third-order valence-corrected chi connectivity index (χ3v) is 3.31. The minimum atomic E-state index is 0.0333. The maximum atomic E-state index is 12.5. The number of benzene rings is 1. The van der Waals surface area contributed by atoms with Gasteiger partial charge in [0.05, 0.1) is 0 Å². The highest BCUT2D eigenvalue weighted by molar-refractivity contribution is 9.10. The van der Waals surface area contributed by atoms with Crippen molar-refractivity contribution in [3.05, 3.63) is 51.8 Å². The molecule has 0 saturated carbocycles. The summed E-state index contributed by atoms with van der Waals surface area (Å²) in [5.41, 5.74) is 2.36. The first-order valence-electron chi connectivity index (χ1n) is 5.96. The first kappa shape index (κ1) is 13.0. The van der Waals surface area contributed by atoms with Gasteiger partial charge in [-0.25, -0.2) is 0 Å². The lowest BCUT2D eigenvalue weighted by molar-refractivity contribution is 0.102. The molecule has 94 valence electrons. The number of halogens is 1. The third-order valence-electron chi connectivity index (χ3n) is 2.82. The fourth-order valence-electron chi connectivity index (χ4n) is 1.94. The van der Waals surface area contributed by atoms with E-state index in [1.165, 1.54) is 0 Å². The predicted octanol–water partition coefficient (Wildman–Crippen LogP) is 3.60. The number of aromatic nitrogens is 2. The van der Waals surface area contributed by atoms with Gasteiger partial charge in [0.25, 0.3) is 0 Å². The molecule has 0 spiro atoms. The molecule has 2 rings (SSSR count). The van der Waals surface area contributed by atoms with E-state index in [0.29, 0.717) is 5.69 Å². The topological polar surface area (TPSA) is 34.9 Å². The zero-order chi connectivity index (χ0) is 13.1. The van der Waals surface area contributed by atoms with E-state index in [-0.39, 0.29) is 5.78 Å². The van der Waals surface area contributed by atoms with Crippen LogP contribution < -0.4 is 0 Å². The lowest BCUT2D eigenvalue weighted by Crippen LogP contribution is -2.12. The Bertz CT molecular complexity index is 575. The van der Waals surface area contributed by atoms with Crippen LogP contribution in [0.2, 0.25) is 0 Å². The van der Waals surface area contributed by atoms with Gasteiger partial charge < -0.3 is 0 Å². The van der Waals surface area contributed by atoms with Gasteiger partial charge in [0.15, 0.2) is 0 Å². The molecule has 1 heterocycles. The molecule has 0 saturated heterocycles. The number of nitrogens with zero attached hydrogens (tertiary/aromatic N) is 2. The molecule has 0 aliphatic heterocycles. The Morgan fingerprint density at radius 2 is 2.17 bits per heavy atom. The van der Waals surface area contributed by atoms with Gasteiger partial charge in [-0.15, -0.1) is 0 Å². The Balaban J connectivity index is 2.38. The van der Waals surface area contributed by atoms with Gasteiger partial charge in [0.2, 0.25) is 5.78 Å². The largest absolute Gasteiger partial charge is 0.287 e. The molecule has 0 unspecified atom stereocenters. The van der Waals surface area contributed by atoms with Crippen LogP contribution in [0.1, 0.15) is 35.0 Å². The van der Waals surface area contributed by atoms with Crippen molar-refractivity contribution in [2.24, 2.45) is 0 Å². The van der Waals surface area contributed by atoms with Crippen molar-refractivity contribution in [3.63, 3.8) is 0 Å². The van der Waals surface area contributed by atoms with E-state index in [9.17, 15) is 4.79 Å². The number of ketones is 1. The molecular formula is C14H15BrN2O. The summed E-state index contributed by atoms with van der Waals surface area (Å²) in [4.78, 5) is 12.5. The number of hydrogen-bond acceptors (Lipinski definition) is 2. The SMILES string of the molecule is CCCn1nccc1C(=O)c1ccc(Br)cc1C. The molecule has 0 aliphatic carbocycles. The van der Waals surface area contributed by atoms with Crippen molar-refractivity contribution < 1.29 is 4.79 Å².